The monoisotopic (exact) mass is 239 g/mol. The lowest BCUT2D eigenvalue weighted by Crippen LogP contribution is -2.24. The van der Waals surface area contributed by atoms with E-state index in [9.17, 15) is 18.4 Å². The fourth-order valence-corrected chi connectivity index (χ4v) is 1.25. The third-order valence-corrected chi connectivity index (χ3v) is 2.06. The summed E-state index contributed by atoms with van der Waals surface area (Å²) in [5.41, 5.74) is 0.288. The molecule has 1 aliphatic heterocycles. The molecule has 1 aliphatic rings. The Kier molecular flexibility index (Phi) is 2.82. The number of carbonyl (C=O) groups is 2. The smallest absolute Gasteiger partial charge is 0.275 e. The van der Waals surface area contributed by atoms with Crippen LogP contribution in [0.2, 0.25) is 0 Å². The van der Waals surface area contributed by atoms with Gasteiger partial charge in [-0.2, -0.15) is 5.10 Å². The fraction of sp³-hybridized carbons (Fsp3) is 0.100. The highest BCUT2D eigenvalue weighted by Gasteiger charge is 2.25. The van der Waals surface area contributed by atoms with Crippen molar-refractivity contribution >= 4 is 18.2 Å². The van der Waals surface area contributed by atoms with Crippen molar-refractivity contribution in [3.63, 3.8) is 0 Å². The van der Waals surface area contributed by atoms with Gasteiger partial charge in [0.2, 0.25) is 5.91 Å². The van der Waals surface area contributed by atoms with Crippen LogP contribution in [-0.4, -0.2) is 29.7 Å². The maximum Gasteiger partial charge on any atom is 0.344 e. The Hall–Kier alpha value is -2.31. The number of benzene rings is 1. The van der Waals surface area contributed by atoms with Crippen LogP contribution in [0.3, 0.4) is 0 Å². The van der Waals surface area contributed by atoms with E-state index in [2.05, 4.69) is 5.10 Å². The molecule has 3 amide bonds. The molecule has 0 bridgehead atoms. The second-order valence-electron chi connectivity index (χ2n) is 3.33. The number of hydrogen-bond acceptors (Lipinski definition) is 3. The van der Waals surface area contributed by atoms with Gasteiger partial charge in [0.05, 0.1) is 6.21 Å². The Labute approximate surface area is 94.7 Å². The van der Waals surface area contributed by atoms with Crippen molar-refractivity contribution in [3.8, 4) is 0 Å². The molecule has 0 radical (unpaired) electrons. The maximum absolute atomic E-state index is 12.8. The number of carbonyl (C=O) groups excluding carboxylic acids is 2. The molecule has 2 rings (SSSR count). The highest BCUT2D eigenvalue weighted by Crippen LogP contribution is 2.07. The topological polar surface area (TPSA) is 61.8 Å². The number of nitrogens with zero attached hydrogens (tertiary/aromatic N) is 2. The predicted octanol–water partition coefficient (Wildman–Crippen LogP) is 0.851. The van der Waals surface area contributed by atoms with Crippen LogP contribution in [0.15, 0.2) is 23.3 Å². The lowest BCUT2D eigenvalue weighted by atomic mass is 10.2. The van der Waals surface area contributed by atoms with Crippen LogP contribution in [-0.2, 0) is 4.79 Å². The molecular weight excluding hydrogens is 232 g/mol. The van der Waals surface area contributed by atoms with Gasteiger partial charge in [-0.05, 0) is 17.7 Å². The number of nitrogens with one attached hydrogen (secondary N) is 1. The van der Waals surface area contributed by atoms with Gasteiger partial charge in [-0.15, -0.1) is 0 Å². The van der Waals surface area contributed by atoms with Crippen LogP contribution >= 0.6 is 0 Å². The number of rotatable bonds is 2. The molecule has 1 fully saturated rings. The molecule has 1 aromatic carbocycles. The Bertz CT molecular complexity index is 516. The van der Waals surface area contributed by atoms with E-state index in [1.165, 1.54) is 12.3 Å². The number of hydrazone groups is 1. The standard InChI is InChI=1S/C10H7F2N3O2/c11-7-2-1-6(3-8(7)12)4-13-15-5-9(16)14-10(15)17/h1-4H,5H2,(H,14,16,17)/b13-4-. The van der Waals surface area contributed by atoms with E-state index < -0.39 is 23.6 Å². The van der Waals surface area contributed by atoms with E-state index in [-0.39, 0.29) is 12.1 Å². The number of halogens is 2. The van der Waals surface area contributed by atoms with E-state index >= 15 is 0 Å². The second kappa shape index (κ2) is 4.28. The van der Waals surface area contributed by atoms with Crippen molar-refractivity contribution in [2.45, 2.75) is 0 Å². The molecule has 0 spiro atoms. The Morgan fingerprint density at radius 2 is 2.06 bits per heavy atom. The van der Waals surface area contributed by atoms with E-state index in [0.717, 1.165) is 17.1 Å². The van der Waals surface area contributed by atoms with Gasteiger partial charge in [0.25, 0.3) is 0 Å². The molecule has 1 heterocycles. The van der Waals surface area contributed by atoms with Crippen LogP contribution < -0.4 is 5.32 Å². The summed E-state index contributed by atoms with van der Waals surface area (Å²) in [7, 11) is 0. The van der Waals surface area contributed by atoms with Gasteiger partial charge in [0.15, 0.2) is 11.6 Å². The van der Waals surface area contributed by atoms with Gasteiger partial charge < -0.3 is 0 Å². The van der Waals surface area contributed by atoms with E-state index in [0.29, 0.717) is 0 Å². The third kappa shape index (κ3) is 2.44. The molecule has 17 heavy (non-hydrogen) atoms. The maximum atomic E-state index is 12.8. The normalized spacial score (nSPS) is 15.8. The summed E-state index contributed by atoms with van der Waals surface area (Å²) in [5, 5.41) is 6.60. The molecule has 0 aliphatic carbocycles. The average Bonchev–Trinajstić information content (AvgIpc) is 2.59. The summed E-state index contributed by atoms with van der Waals surface area (Å²) < 4.78 is 25.4. The largest absolute Gasteiger partial charge is 0.344 e. The zero-order valence-corrected chi connectivity index (χ0v) is 8.48. The van der Waals surface area contributed by atoms with Gasteiger partial charge in [0, 0.05) is 0 Å². The van der Waals surface area contributed by atoms with Crippen molar-refractivity contribution in [2.24, 2.45) is 5.10 Å². The Morgan fingerprint density at radius 1 is 1.29 bits per heavy atom. The third-order valence-electron chi connectivity index (χ3n) is 2.06. The Morgan fingerprint density at radius 3 is 2.65 bits per heavy atom. The lowest BCUT2D eigenvalue weighted by Gasteiger charge is -2.04. The predicted molar refractivity (Wildman–Crippen MR) is 54.2 cm³/mol. The quantitative estimate of drug-likeness (QED) is 0.614. The first-order valence-electron chi connectivity index (χ1n) is 4.66. The van der Waals surface area contributed by atoms with Crippen molar-refractivity contribution in [1.29, 1.82) is 0 Å². The zero-order valence-electron chi connectivity index (χ0n) is 8.48. The summed E-state index contributed by atoms with van der Waals surface area (Å²) in [6.07, 6.45) is 1.17. The van der Waals surface area contributed by atoms with Crippen LogP contribution in [0.4, 0.5) is 13.6 Å². The summed E-state index contributed by atoms with van der Waals surface area (Å²) in [5.74, 6) is -2.43. The molecule has 1 saturated heterocycles. The summed E-state index contributed by atoms with van der Waals surface area (Å²) in [6.45, 7) is -0.182. The Balaban J connectivity index is 2.12. The van der Waals surface area contributed by atoms with E-state index in [1.807, 2.05) is 5.32 Å². The minimum atomic E-state index is -1.00. The number of hydrogen-bond donors (Lipinski definition) is 1. The number of imide groups is 1. The zero-order chi connectivity index (χ0) is 12.4. The molecule has 7 heteroatoms. The number of urea groups is 1. The van der Waals surface area contributed by atoms with Gasteiger partial charge in [-0.25, -0.2) is 18.6 Å². The minimum Gasteiger partial charge on any atom is -0.275 e. The average molecular weight is 239 g/mol. The van der Waals surface area contributed by atoms with E-state index in [4.69, 9.17) is 0 Å². The molecule has 5 nitrogen and oxygen atoms in total. The molecule has 1 N–H and O–H groups in total. The second-order valence-corrected chi connectivity index (χ2v) is 3.33. The highest BCUT2D eigenvalue weighted by atomic mass is 19.2. The molecule has 88 valence electrons. The van der Waals surface area contributed by atoms with Crippen LogP contribution in [0.25, 0.3) is 0 Å². The SMILES string of the molecule is O=C1CN(/N=C\c2ccc(F)c(F)c2)C(=O)N1. The van der Waals surface area contributed by atoms with E-state index in [1.54, 1.807) is 0 Å². The first kappa shape index (κ1) is 11.2. The van der Waals surface area contributed by atoms with Crippen LogP contribution in [0.1, 0.15) is 5.56 Å². The van der Waals surface area contributed by atoms with Crippen molar-refractivity contribution < 1.29 is 18.4 Å². The first-order chi connectivity index (χ1) is 8.06. The molecule has 0 atom stereocenters. The molecular formula is C10H7F2N3O2. The summed E-state index contributed by atoms with van der Waals surface area (Å²) >= 11 is 0. The summed E-state index contributed by atoms with van der Waals surface area (Å²) in [6, 6.07) is 2.55. The molecule has 0 aromatic heterocycles. The minimum absolute atomic E-state index is 0.182. The first-order valence-corrected chi connectivity index (χ1v) is 4.66. The fourth-order valence-electron chi connectivity index (χ4n) is 1.25. The van der Waals surface area contributed by atoms with Crippen LogP contribution in [0, 0.1) is 11.6 Å². The molecule has 0 saturated carbocycles. The van der Waals surface area contributed by atoms with Crippen molar-refractivity contribution in [1.82, 2.24) is 10.3 Å². The number of amides is 3. The van der Waals surface area contributed by atoms with Gasteiger partial charge in [-0.3, -0.25) is 10.1 Å². The van der Waals surface area contributed by atoms with Crippen molar-refractivity contribution in [2.75, 3.05) is 6.54 Å². The van der Waals surface area contributed by atoms with Gasteiger partial charge >= 0.3 is 6.03 Å². The van der Waals surface area contributed by atoms with Gasteiger partial charge in [0.1, 0.15) is 6.54 Å². The highest BCUT2D eigenvalue weighted by molar-refractivity contribution is 6.02. The molecule has 0 unspecified atom stereocenters. The van der Waals surface area contributed by atoms with Gasteiger partial charge in [-0.1, -0.05) is 6.07 Å². The molecule has 1 aromatic rings. The summed E-state index contributed by atoms with van der Waals surface area (Å²) in [4.78, 5) is 21.9. The lowest BCUT2D eigenvalue weighted by molar-refractivity contribution is -0.118. The van der Waals surface area contributed by atoms with Crippen LogP contribution in [0.5, 0.6) is 0 Å². The van der Waals surface area contributed by atoms with Crippen molar-refractivity contribution in [3.05, 3.63) is 35.4 Å².